The fourth-order valence-electron chi connectivity index (χ4n) is 2.39. The highest BCUT2D eigenvalue weighted by Gasteiger charge is 2.38. The maximum Gasteiger partial charge on any atom is 0.191 e. The lowest BCUT2D eigenvalue weighted by Crippen LogP contribution is -2.38. The second kappa shape index (κ2) is 5.99. The average molecular weight is 287 g/mol. The van der Waals surface area contributed by atoms with E-state index in [4.69, 9.17) is 4.42 Å². The standard InChI is InChI=1S/C16H18FN3O/c1-18-16(19-10-13-3-2-8-21-13)20-15-9-14(15)11-4-6-12(17)7-5-11/h2-8,14-15H,9-10H2,1H3,(H2,18,19,20)/t14-,15+/m0/s1. The van der Waals surface area contributed by atoms with Crippen molar-refractivity contribution < 1.29 is 8.81 Å². The number of benzene rings is 1. The molecule has 5 heteroatoms. The largest absolute Gasteiger partial charge is 0.467 e. The van der Waals surface area contributed by atoms with Gasteiger partial charge in [-0.1, -0.05) is 12.1 Å². The molecule has 1 aromatic carbocycles. The Morgan fingerprint density at radius 2 is 2.14 bits per heavy atom. The molecule has 2 aromatic rings. The van der Waals surface area contributed by atoms with Gasteiger partial charge in [-0.2, -0.15) is 0 Å². The van der Waals surface area contributed by atoms with Gasteiger partial charge in [0.25, 0.3) is 0 Å². The van der Waals surface area contributed by atoms with Crippen LogP contribution in [0.5, 0.6) is 0 Å². The van der Waals surface area contributed by atoms with E-state index in [-0.39, 0.29) is 5.82 Å². The molecule has 1 fully saturated rings. The van der Waals surface area contributed by atoms with Gasteiger partial charge in [-0.3, -0.25) is 4.99 Å². The number of rotatable bonds is 4. The van der Waals surface area contributed by atoms with Crippen LogP contribution in [0.3, 0.4) is 0 Å². The van der Waals surface area contributed by atoms with Crippen molar-refractivity contribution in [3.63, 3.8) is 0 Å². The molecule has 1 aromatic heterocycles. The Labute approximate surface area is 123 Å². The number of nitrogens with zero attached hydrogens (tertiary/aromatic N) is 1. The number of nitrogens with one attached hydrogen (secondary N) is 2. The molecule has 110 valence electrons. The Morgan fingerprint density at radius 1 is 1.33 bits per heavy atom. The van der Waals surface area contributed by atoms with E-state index in [1.807, 2.05) is 24.3 Å². The molecule has 0 spiro atoms. The van der Waals surface area contributed by atoms with E-state index in [0.717, 1.165) is 23.7 Å². The molecule has 4 nitrogen and oxygen atoms in total. The summed E-state index contributed by atoms with van der Waals surface area (Å²) in [7, 11) is 1.74. The Hall–Kier alpha value is -2.30. The SMILES string of the molecule is CN=C(NCc1ccco1)N[C@@H]1C[C@H]1c1ccc(F)cc1. The van der Waals surface area contributed by atoms with Gasteiger partial charge >= 0.3 is 0 Å². The number of hydrogen-bond acceptors (Lipinski definition) is 2. The molecule has 1 saturated carbocycles. The Balaban J connectivity index is 1.51. The number of guanidine groups is 1. The molecule has 1 aliphatic rings. The van der Waals surface area contributed by atoms with Crippen LogP contribution in [0.1, 0.15) is 23.7 Å². The van der Waals surface area contributed by atoms with E-state index in [9.17, 15) is 4.39 Å². The number of hydrogen-bond donors (Lipinski definition) is 2. The minimum absolute atomic E-state index is 0.195. The van der Waals surface area contributed by atoms with Crippen molar-refractivity contribution in [1.29, 1.82) is 0 Å². The van der Waals surface area contributed by atoms with E-state index in [1.54, 1.807) is 13.3 Å². The van der Waals surface area contributed by atoms with Crippen molar-refractivity contribution >= 4 is 5.96 Å². The zero-order valence-corrected chi connectivity index (χ0v) is 11.8. The lowest BCUT2D eigenvalue weighted by Gasteiger charge is -2.10. The van der Waals surface area contributed by atoms with Gasteiger partial charge in [0.15, 0.2) is 5.96 Å². The van der Waals surface area contributed by atoms with E-state index >= 15 is 0 Å². The highest BCUT2D eigenvalue weighted by molar-refractivity contribution is 5.80. The molecule has 2 atom stereocenters. The van der Waals surface area contributed by atoms with Gasteiger partial charge in [-0.15, -0.1) is 0 Å². The highest BCUT2D eigenvalue weighted by atomic mass is 19.1. The van der Waals surface area contributed by atoms with Crippen molar-refractivity contribution in [2.24, 2.45) is 4.99 Å². The second-order valence-electron chi connectivity index (χ2n) is 5.15. The third-order valence-corrected chi connectivity index (χ3v) is 3.64. The quantitative estimate of drug-likeness (QED) is 0.671. The van der Waals surface area contributed by atoms with Crippen LogP contribution in [0.25, 0.3) is 0 Å². The first kappa shape index (κ1) is 13.7. The predicted molar refractivity (Wildman–Crippen MR) is 79.6 cm³/mol. The van der Waals surface area contributed by atoms with Crippen LogP contribution in [-0.2, 0) is 6.54 Å². The topological polar surface area (TPSA) is 49.6 Å². The maximum atomic E-state index is 12.9. The number of aliphatic imine (C=N–C) groups is 1. The normalized spacial score (nSPS) is 21.1. The summed E-state index contributed by atoms with van der Waals surface area (Å²) in [6.45, 7) is 0.598. The highest BCUT2D eigenvalue weighted by Crippen LogP contribution is 2.40. The van der Waals surface area contributed by atoms with E-state index in [1.165, 1.54) is 12.1 Å². The summed E-state index contributed by atoms with van der Waals surface area (Å²) in [5, 5.41) is 6.58. The summed E-state index contributed by atoms with van der Waals surface area (Å²) in [5.41, 5.74) is 1.16. The summed E-state index contributed by atoms with van der Waals surface area (Å²) < 4.78 is 18.2. The zero-order chi connectivity index (χ0) is 14.7. The van der Waals surface area contributed by atoms with Crippen molar-refractivity contribution in [3.05, 3.63) is 59.8 Å². The van der Waals surface area contributed by atoms with Crippen LogP contribution in [0.4, 0.5) is 4.39 Å². The van der Waals surface area contributed by atoms with Gasteiger partial charge in [0.1, 0.15) is 11.6 Å². The number of furan rings is 1. The van der Waals surface area contributed by atoms with Crippen LogP contribution < -0.4 is 10.6 Å². The van der Waals surface area contributed by atoms with Crippen LogP contribution in [-0.4, -0.2) is 19.0 Å². The van der Waals surface area contributed by atoms with Crippen molar-refractivity contribution in [2.45, 2.75) is 24.9 Å². The Morgan fingerprint density at radius 3 is 2.81 bits per heavy atom. The first-order valence-corrected chi connectivity index (χ1v) is 7.01. The fraction of sp³-hybridized carbons (Fsp3) is 0.312. The van der Waals surface area contributed by atoms with Crippen LogP contribution in [0.2, 0.25) is 0 Å². The van der Waals surface area contributed by atoms with Crippen molar-refractivity contribution in [2.75, 3.05) is 7.05 Å². The van der Waals surface area contributed by atoms with Gasteiger partial charge < -0.3 is 15.1 Å². The first-order chi connectivity index (χ1) is 10.3. The molecule has 1 heterocycles. The first-order valence-electron chi connectivity index (χ1n) is 7.01. The molecular weight excluding hydrogens is 269 g/mol. The van der Waals surface area contributed by atoms with Gasteiger partial charge in [-0.05, 0) is 36.2 Å². The number of halogens is 1. The minimum atomic E-state index is -0.195. The lowest BCUT2D eigenvalue weighted by atomic mass is 10.1. The van der Waals surface area contributed by atoms with Crippen LogP contribution in [0, 0.1) is 5.82 Å². The smallest absolute Gasteiger partial charge is 0.191 e. The molecule has 0 unspecified atom stereocenters. The summed E-state index contributed by atoms with van der Waals surface area (Å²) in [6.07, 6.45) is 2.69. The zero-order valence-electron chi connectivity index (χ0n) is 11.8. The van der Waals surface area contributed by atoms with Crippen LogP contribution >= 0.6 is 0 Å². The van der Waals surface area contributed by atoms with Crippen molar-refractivity contribution in [1.82, 2.24) is 10.6 Å². The minimum Gasteiger partial charge on any atom is -0.467 e. The molecular formula is C16H18FN3O. The summed E-state index contributed by atoms with van der Waals surface area (Å²) >= 11 is 0. The average Bonchev–Trinajstić information content (AvgIpc) is 3.06. The lowest BCUT2D eigenvalue weighted by molar-refractivity contribution is 0.501. The van der Waals surface area contributed by atoms with Gasteiger partial charge in [-0.25, -0.2) is 4.39 Å². The third-order valence-electron chi connectivity index (χ3n) is 3.64. The van der Waals surface area contributed by atoms with E-state index in [2.05, 4.69) is 15.6 Å². The second-order valence-corrected chi connectivity index (χ2v) is 5.15. The summed E-state index contributed by atoms with van der Waals surface area (Å²) in [4.78, 5) is 4.20. The van der Waals surface area contributed by atoms with Gasteiger partial charge in [0, 0.05) is 19.0 Å². The third kappa shape index (κ3) is 3.42. The molecule has 3 rings (SSSR count). The van der Waals surface area contributed by atoms with Gasteiger partial charge in [0.05, 0.1) is 12.8 Å². The van der Waals surface area contributed by atoms with Crippen LogP contribution in [0.15, 0.2) is 52.1 Å². The summed E-state index contributed by atoms with van der Waals surface area (Å²) in [6, 6.07) is 10.8. The molecule has 0 saturated heterocycles. The Kier molecular flexibility index (Phi) is 3.90. The maximum absolute atomic E-state index is 12.9. The molecule has 0 bridgehead atoms. The monoisotopic (exact) mass is 287 g/mol. The molecule has 0 amide bonds. The Bertz CT molecular complexity index is 607. The molecule has 0 aliphatic heterocycles. The van der Waals surface area contributed by atoms with E-state index in [0.29, 0.717) is 18.5 Å². The molecule has 1 aliphatic carbocycles. The van der Waals surface area contributed by atoms with E-state index < -0.39 is 0 Å². The van der Waals surface area contributed by atoms with Gasteiger partial charge in [0.2, 0.25) is 0 Å². The molecule has 21 heavy (non-hydrogen) atoms. The fourth-order valence-corrected chi connectivity index (χ4v) is 2.39. The van der Waals surface area contributed by atoms with Crippen molar-refractivity contribution in [3.8, 4) is 0 Å². The molecule has 2 N–H and O–H groups in total. The predicted octanol–water partition coefficient (Wildman–Crippen LogP) is 2.64. The molecule has 0 radical (unpaired) electrons. The summed E-state index contributed by atoms with van der Waals surface area (Å²) in [5.74, 6) is 1.84.